The Labute approximate surface area is 141 Å². The first-order chi connectivity index (χ1) is 11.0. The van der Waals surface area contributed by atoms with E-state index >= 15 is 0 Å². The molecule has 2 amide bonds. The Morgan fingerprint density at radius 3 is 2.17 bits per heavy atom. The van der Waals surface area contributed by atoms with Crippen LogP contribution in [0.15, 0.2) is 5.51 Å². The zero-order valence-electron chi connectivity index (χ0n) is 13.5. The van der Waals surface area contributed by atoms with Crippen LogP contribution in [0.3, 0.4) is 0 Å². The van der Waals surface area contributed by atoms with Gasteiger partial charge < -0.3 is 14.5 Å². The van der Waals surface area contributed by atoms with Crippen LogP contribution >= 0.6 is 11.3 Å². The maximum absolute atomic E-state index is 12.8. The molecule has 1 aromatic heterocycles. The van der Waals surface area contributed by atoms with Gasteiger partial charge in [0.2, 0.25) is 0 Å². The Balaban J connectivity index is 1.99. The molecule has 0 N–H and O–H groups in total. The monoisotopic (exact) mass is 365 g/mol. The minimum absolute atomic E-state index is 0.146. The number of hydrogen-bond donors (Lipinski definition) is 0. The lowest BCUT2D eigenvalue weighted by Gasteiger charge is -2.35. The molecule has 0 aliphatic carbocycles. The van der Waals surface area contributed by atoms with Crippen molar-refractivity contribution in [3.63, 3.8) is 0 Å². The zero-order valence-corrected chi connectivity index (χ0v) is 14.3. The van der Waals surface area contributed by atoms with Gasteiger partial charge in [0.05, 0.1) is 5.51 Å². The Kier molecular flexibility index (Phi) is 5.07. The second-order valence-corrected chi connectivity index (χ2v) is 7.14. The highest BCUT2D eigenvalue weighted by Gasteiger charge is 2.40. The smallest absolute Gasteiger partial charge is 0.434 e. The summed E-state index contributed by atoms with van der Waals surface area (Å²) in [7, 11) is 0. The molecule has 2 heterocycles. The van der Waals surface area contributed by atoms with Crippen molar-refractivity contribution in [2.45, 2.75) is 32.5 Å². The van der Waals surface area contributed by atoms with Gasteiger partial charge in [0.15, 0.2) is 5.69 Å². The van der Waals surface area contributed by atoms with Crippen LogP contribution < -0.4 is 0 Å². The second kappa shape index (κ2) is 6.58. The molecule has 6 nitrogen and oxygen atoms in total. The molecule has 0 aromatic carbocycles. The van der Waals surface area contributed by atoms with Crippen LogP contribution in [-0.2, 0) is 10.9 Å². The van der Waals surface area contributed by atoms with Crippen molar-refractivity contribution in [3.8, 4) is 0 Å². The van der Waals surface area contributed by atoms with Crippen LogP contribution in [0.25, 0.3) is 0 Å². The van der Waals surface area contributed by atoms with Gasteiger partial charge in [-0.25, -0.2) is 9.78 Å². The predicted octanol–water partition coefficient (Wildman–Crippen LogP) is 2.85. The van der Waals surface area contributed by atoms with Crippen molar-refractivity contribution >= 4 is 23.3 Å². The molecule has 0 spiro atoms. The normalized spacial score (nSPS) is 16.2. The number of hydrogen-bond acceptors (Lipinski definition) is 5. The number of ether oxygens (including phenoxy) is 1. The molecule has 0 atom stereocenters. The summed E-state index contributed by atoms with van der Waals surface area (Å²) in [5, 5.41) is 0. The number of aromatic nitrogens is 1. The molecule has 0 radical (unpaired) electrons. The number of carbonyl (C=O) groups excluding carboxylic acids is 2. The lowest BCUT2D eigenvalue weighted by molar-refractivity contribution is -0.141. The first kappa shape index (κ1) is 18.5. The summed E-state index contributed by atoms with van der Waals surface area (Å²) in [6.07, 6.45) is -5.16. The number of halogens is 3. The van der Waals surface area contributed by atoms with Gasteiger partial charge in [-0.3, -0.25) is 4.79 Å². The number of piperazine rings is 1. The van der Waals surface area contributed by atoms with E-state index in [0.717, 1.165) is 5.51 Å². The highest BCUT2D eigenvalue weighted by molar-refractivity contribution is 7.11. The van der Waals surface area contributed by atoms with E-state index in [1.54, 1.807) is 20.8 Å². The van der Waals surface area contributed by atoms with Gasteiger partial charge in [-0.05, 0) is 20.8 Å². The van der Waals surface area contributed by atoms with E-state index in [1.807, 2.05) is 0 Å². The van der Waals surface area contributed by atoms with Crippen LogP contribution in [0, 0.1) is 0 Å². The molecule has 24 heavy (non-hydrogen) atoms. The fraction of sp³-hybridized carbons (Fsp3) is 0.643. The van der Waals surface area contributed by atoms with Gasteiger partial charge in [0.1, 0.15) is 10.5 Å². The van der Waals surface area contributed by atoms with E-state index in [2.05, 4.69) is 4.98 Å². The third-order valence-electron chi connectivity index (χ3n) is 3.25. The van der Waals surface area contributed by atoms with Crippen LogP contribution in [0.4, 0.5) is 18.0 Å². The van der Waals surface area contributed by atoms with E-state index < -0.39 is 34.3 Å². The fourth-order valence-electron chi connectivity index (χ4n) is 2.16. The second-order valence-electron chi connectivity index (χ2n) is 6.29. The fourth-order valence-corrected chi connectivity index (χ4v) is 2.94. The third-order valence-corrected chi connectivity index (χ3v) is 4.06. The van der Waals surface area contributed by atoms with Crippen LogP contribution in [0.2, 0.25) is 0 Å². The van der Waals surface area contributed by atoms with E-state index in [-0.39, 0.29) is 26.2 Å². The quantitative estimate of drug-likeness (QED) is 0.768. The van der Waals surface area contributed by atoms with Crippen molar-refractivity contribution in [2.75, 3.05) is 26.2 Å². The van der Waals surface area contributed by atoms with Crippen LogP contribution in [0.1, 0.15) is 36.1 Å². The van der Waals surface area contributed by atoms with Crippen molar-refractivity contribution in [1.82, 2.24) is 14.8 Å². The summed E-state index contributed by atoms with van der Waals surface area (Å²) in [6.45, 7) is 5.94. The Morgan fingerprint density at radius 1 is 1.12 bits per heavy atom. The molecule has 1 aromatic rings. The highest BCUT2D eigenvalue weighted by Crippen LogP contribution is 2.33. The number of thiazole rings is 1. The lowest BCUT2D eigenvalue weighted by atomic mass is 10.2. The predicted molar refractivity (Wildman–Crippen MR) is 80.8 cm³/mol. The zero-order chi connectivity index (χ0) is 18.1. The van der Waals surface area contributed by atoms with E-state index in [0.29, 0.717) is 11.3 Å². The number of nitrogens with zero attached hydrogens (tertiary/aromatic N) is 3. The van der Waals surface area contributed by atoms with E-state index in [1.165, 1.54) is 9.80 Å². The standard InChI is InChI=1S/C14H18F3N3O3S/c1-13(2,3)23-12(22)20-6-4-19(5-7-20)11(21)9-10(14(15,16)17)18-8-24-9/h8H,4-7H2,1-3H3. The molecule has 1 fully saturated rings. The largest absolute Gasteiger partial charge is 0.444 e. The molecule has 0 saturated carbocycles. The minimum Gasteiger partial charge on any atom is -0.444 e. The van der Waals surface area contributed by atoms with E-state index in [9.17, 15) is 22.8 Å². The van der Waals surface area contributed by atoms with Crippen LogP contribution in [-0.4, -0.2) is 58.6 Å². The molecular weight excluding hydrogens is 347 g/mol. The molecule has 1 aliphatic rings. The average Bonchev–Trinajstić information content (AvgIpc) is 2.94. The van der Waals surface area contributed by atoms with Gasteiger partial charge >= 0.3 is 12.3 Å². The summed E-state index contributed by atoms with van der Waals surface area (Å²) in [5.41, 5.74) is -0.784. The molecule has 134 valence electrons. The molecule has 1 saturated heterocycles. The number of amides is 2. The SMILES string of the molecule is CC(C)(C)OC(=O)N1CCN(C(=O)c2scnc2C(F)(F)F)CC1. The maximum atomic E-state index is 12.8. The third kappa shape index (κ3) is 4.37. The van der Waals surface area contributed by atoms with Gasteiger partial charge in [0, 0.05) is 26.2 Å². The Hall–Kier alpha value is -1.84. The number of carbonyl (C=O) groups is 2. The summed E-state index contributed by atoms with van der Waals surface area (Å²) in [6, 6.07) is 0. The maximum Gasteiger partial charge on any atom is 0.434 e. The first-order valence-electron chi connectivity index (χ1n) is 7.27. The molecule has 1 aliphatic heterocycles. The lowest BCUT2D eigenvalue weighted by Crippen LogP contribution is -2.51. The molecule has 0 bridgehead atoms. The molecular formula is C14H18F3N3O3S. The highest BCUT2D eigenvalue weighted by atomic mass is 32.1. The van der Waals surface area contributed by atoms with Crippen molar-refractivity contribution in [3.05, 3.63) is 16.1 Å². The van der Waals surface area contributed by atoms with Gasteiger partial charge in [-0.15, -0.1) is 11.3 Å². The topological polar surface area (TPSA) is 62.7 Å². The minimum atomic E-state index is -4.66. The summed E-state index contributed by atoms with van der Waals surface area (Å²) < 4.78 is 43.8. The summed E-state index contributed by atoms with van der Waals surface area (Å²) in [4.78, 5) is 29.8. The number of alkyl halides is 3. The van der Waals surface area contributed by atoms with Gasteiger partial charge in [0.25, 0.3) is 5.91 Å². The molecule has 10 heteroatoms. The van der Waals surface area contributed by atoms with Crippen molar-refractivity contribution in [2.24, 2.45) is 0 Å². The van der Waals surface area contributed by atoms with Crippen molar-refractivity contribution < 1.29 is 27.5 Å². The number of rotatable bonds is 1. The average molecular weight is 365 g/mol. The summed E-state index contributed by atoms with van der Waals surface area (Å²) >= 11 is 0.666. The van der Waals surface area contributed by atoms with Gasteiger partial charge in [-0.2, -0.15) is 13.2 Å². The van der Waals surface area contributed by atoms with Crippen molar-refractivity contribution in [1.29, 1.82) is 0 Å². The van der Waals surface area contributed by atoms with E-state index in [4.69, 9.17) is 4.74 Å². The summed E-state index contributed by atoms with van der Waals surface area (Å²) in [5.74, 6) is -0.714. The van der Waals surface area contributed by atoms with Crippen LogP contribution in [0.5, 0.6) is 0 Å². The Bertz CT molecular complexity index is 617. The molecule has 2 rings (SSSR count). The van der Waals surface area contributed by atoms with Gasteiger partial charge in [-0.1, -0.05) is 0 Å². The first-order valence-corrected chi connectivity index (χ1v) is 8.15. The molecule has 0 unspecified atom stereocenters. The Morgan fingerprint density at radius 2 is 1.67 bits per heavy atom.